The van der Waals surface area contributed by atoms with E-state index in [2.05, 4.69) is 34.7 Å². The van der Waals surface area contributed by atoms with Crippen molar-refractivity contribution in [2.45, 2.75) is 13.5 Å². The first-order valence-corrected chi connectivity index (χ1v) is 7.58. The lowest BCUT2D eigenvalue weighted by Gasteiger charge is -2.35. The largest absolute Gasteiger partial charge is 0.370 e. The third-order valence-corrected chi connectivity index (χ3v) is 3.68. The molecule has 0 radical (unpaired) electrons. The number of piperazine rings is 1. The fourth-order valence-corrected chi connectivity index (χ4v) is 2.45. The van der Waals surface area contributed by atoms with Crippen molar-refractivity contribution >= 4 is 35.9 Å². The van der Waals surface area contributed by atoms with Crippen molar-refractivity contribution in [1.82, 2.24) is 24.8 Å². The Kier molecular flexibility index (Phi) is 6.64. The summed E-state index contributed by atoms with van der Waals surface area (Å²) in [5.41, 5.74) is 6.97. The van der Waals surface area contributed by atoms with Gasteiger partial charge in [0.25, 0.3) is 0 Å². The maximum Gasteiger partial charge on any atom is 0.225 e. The van der Waals surface area contributed by atoms with Crippen LogP contribution in [0.1, 0.15) is 11.5 Å². The molecular weight excluding hydrogens is 419 g/mol. The van der Waals surface area contributed by atoms with Gasteiger partial charge in [-0.3, -0.25) is 0 Å². The maximum absolute atomic E-state index is 6.10. The second-order valence-electron chi connectivity index (χ2n) is 5.29. The van der Waals surface area contributed by atoms with E-state index >= 15 is 0 Å². The summed E-state index contributed by atoms with van der Waals surface area (Å²) in [6.07, 6.45) is 5.25. The summed E-state index contributed by atoms with van der Waals surface area (Å²) >= 11 is 0. The normalized spacial score (nSPS) is 15.1. The van der Waals surface area contributed by atoms with Crippen LogP contribution in [0.25, 0.3) is 0 Å². The molecule has 3 heterocycles. The van der Waals surface area contributed by atoms with Crippen molar-refractivity contribution in [2.24, 2.45) is 10.7 Å². The van der Waals surface area contributed by atoms with Crippen LogP contribution in [0.2, 0.25) is 0 Å². The number of nitrogens with two attached hydrogens (primary N) is 1. The Balaban J connectivity index is 0.00000208. The number of aryl methyl sites for hydroxylation is 1. The van der Waals surface area contributed by atoms with Crippen molar-refractivity contribution in [2.75, 3.05) is 31.1 Å². The molecule has 0 saturated carbocycles. The lowest BCUT2D eigenvalue weighted by molar-refractivity contribution is 0.378. The molecule has 128 valence electrons. The van der Waals surface area contributed by atoms with Gasteiger partial charge in [0.05, 0.1) is 12.2 Å². The molecule has 9 heteroatoms. The van der Waals surface area contributed by atoms with E-state index in [1.807, 2.05) is 19.1 Å². The molecule has 0 amide bonds. The highest BCUT2D eigenvalue weighted by Crippen LogP contribution is 2.09. The van der Waals surface area contributed by atoms with Gasteiger partial charge in [0.2, 0.25) is 5.95 Å². The molecule has 3 rings (SSSR count). The molecule has 0 unspecified atom stereocenters. The minimum Gasteiger partial charge on any atom is -0.370 e. The summed E-state index contributed by atoms with van der Waals surface area (Å²) < 4.78 is 0. The second-order valence-corrected chi connectivity index (χ2v) is 5.29. The van der Waals surface area contributed by atoms with Crippen molar-refractivity contribution < 1.29 is 0 Å². The van der Waals surface area contributed by atoms with Gasteiger partial charge in [-0.15, -0.1) is 24.0 Å². The highest BCUT2D eigenvalue weighted by Gasteiger charge is 2.19. The van der Waals surface area contributed by atoms with E-state index in [0.29, 0.717) is 12.5 Å². The van der Waals surface area contributed by atoms with E-state index in [9.17, 15) is 0 Å². The fourth-order valence-electron chi connectivity index (χ4n) is 2.45. The number of nitrogens with zero attached hydrogens (tertiary/aromatic N) is 7. The Labute approximate surface area is 158 Å². The maximum atomic E-state index is 6.10. The first-order chi connectivity index (χ1) is 11.2. The molecule has 24 heavy (non-hydrogen) atoms. The third kappa shape index (κ3) is 4.73. The first kappa shape index (κ1) is 18.3. The Morgan fingerprint density at radius 3 is 2.50 bits per heavy atom. The zero-order valence-electron chi connectivity index (χ0n) is 13.5. The molecule has 0 spiro atoms. The number of halogens is 1. The number of aromatic nitrogens is 4. The Hall–Kier alpha value is -2.04. The quantitative estimate of drug-likeness (QED) is 0.429. The molecule has 0 atom stereocenters. The van der Waals surface area contributed by atoms with Gasteiger partial charge in [0, 0.05) is 44.8 Å². The second kappa shape index (κ2) is 8.71. The van der Waals surface area contributed by atoms with Crippen LogP contribution in [-0.4, -0.2) is 57.0 Å². The topological polar surface area (TPSA) is 96.4 Å². The van der Waals surface area contributed by atoms with Crippen LogP contribution in [0.3, 0.4) is 0 Å². The summed E-state index contributed by atoms with van der Waals surface area (Å²) in [6.45, 7) is 5.59. The molecular formula is C15H21IN8. The number of guanidine groups is 1. The SMILES string of the molecule is Cc1nccc(CN=C(N)N2CCN(c3ncccn3)CC2)n1.I. The Morgan fingerprint density at radius 1 is 1.12 bits per heavy atom. The van der Waals surface area contributed by atoms with Gasteiger partial charge in [-0.25, -0.2) is 24.9 Å². The third-order valence-electron chi connectivity index (χ3n) is 3.68. The minimum atomic E-state index is 0. The minimum absolute atomic E-state index is 0. The number of rotatable bonds is 3. The van der Waals surface area contributed by atoms with Crippen LogP contribution in [0, 0.1) is 6.92 Å². The molecule has 1 saturated heterocycles. The van der Waals surface area contributed by atoms with E-state index in [0.717, 1.165) is 43.6 Å². The Morgan fingerprint density at radius 2 is 1.83 bits per heavy atom. The molecule has 1 aliphatic rings. The van der Waals surface area contributed by atoms with Crippen molar-refractivity contribution in [1.29, 1.82) is 0 Å². The molecule has 2 N–H and O–H groups in total. The molecule has 2 aromatic heterocycles. The predicted molar refractivity (Wildman–Crippen MR) is 103 cm³/mol. The molecule has 0 bridgehead atoms. The molecule has 1 fully saturated rings. The predicted octanol–water partition coefficient (Wildman–Crippen LogP) is 0.830. The van der Waals surface area contributed by atoms with Crippen molar-refractivity contribution in [3.63, 3.8) is 0 Å². The van der Waals surface area contributed by atoms with Crippen LogP contribution in [-0.2, 0) is 6.54 Å². The van der Waals surface area contributed by atoms with Gasteiger partial charge >= 0.3 is 0 Å². The smallest absolute Gasteiger partial charge is 0.225 e. The zero-order chi connectivity index (χ0) is 16.1. The van der Waals surface area contributed by atoms with Crippen LogP contribution in [0.15, 0.2) is 35.7 Å². The number of anilines is 1. The number of hydrogen-bond acceptors (Lipinski definition) is 6. The van der Waals surface area contributed by atoms with E-state index in [1.165, 1.54) is 0 Å². The average molecular weight is 440 g/mol. The number of hydrogen-bond donors (Lipinski definition) is 1. The van der Waals surface area contributed by atoms with Gasteiger partial charge in [0.1, 0.15) is 5.82 Å². The van der Waals surface area contributed by atoms with Gasteiger partial charge in [-0.2, -0.15) is 0 Å². The highest BCUT2D eigenvalue weighted by atomic mass is 127. The van der Waals surface area contributed by atoms with E-state index < -0.39 is 0 Å². The fraction of sp³-hybridized carbons (Fsp3) is 0.400. The average Bonchev–Trinajstić information content (AvgIpc) is 2.61. The Bertz CT molecular complexity index is 670. The van der Waals surface area contributed by atoms with Crippen LogP contribution >= 0.6 is 24.0 Å². The van der Waals surface area contributed by atoms with E-state index in [-0.39, 0.29) is 24.0 Å². The van der Waals surface area contributed by atoms with Crippen LogP contribution < -0.4 is 10.6 Å². The van der Waals surface area contributed by atoms with Gasteiger partial charge in [-0.05, 0) is 19.1 Å². The van der Waals surface area contributed by atoms with Gasteiger partial charge in [0.15, 0.2) is 5.96 Å². The zero-order valence-corrected chi connectivity index (χ0v) is 15.9. The van der Waals surface area contributed by atoms with Gasteiger partial charge in [-0.1, -0.05) is 0 Å². The summed E-state index contributed by atoms with van der Waals surface area (Å²) in [5, 5.41) is 0. The van der Waals surface area contributed by atoms with E-state index in [1.54, 1.807) is 18.6 Å². The summed E-state index contributed by atoms with van der Waals surface area (Å²) in [7, 11) is 0. The molecule has 0 aliphatic carbocycles. The van der Waals surface area contributed by atoms with Gasteiger partial charge < -0.3 is 15.5 Å². The molecule has 0 aromatic carbocycles. The number of aliphatic imine (C=N–C) groups is 1. The first-order valence-electron chi connectivity index (χ1n) is 7.58. The highest BCUT2D eigenvalue weighted by molar-refractivity contribution is 14.0. The lowest BCUT2D eigenvalue weighted by Crippen LogP contribution is -2.51. The van der Waals surface area contributed by atoms with Crippen molar-refractivity contribution in [3.05, 3.63) is 42.2 Å². The summed E-state index contributed by atoms with van der Waals surface area (Å²) in [6, 6.07) is 3.67. The monoisotopic (exact) mass is 440 g/mol. The molecule has 1 aliphatic heterocycles. The molecule has 2 aromatic rings. The van der Waals surface area contributed by atoms with Crippen molar-refractivity contribution in [3.8, 4) is 0 Å². The standard InChI is InChI=1S/C15H20N8.HI/c1-12-17-6-3-13(21-12)11-20-14(16)22-7-9-23(10-8-22)15-18-4-2-5-19-15;/h2-6H,7-11H2,1H3,(H2,16,20);1H. The van der Waals surface area contributed by atoms with Crippen LogP contribution in [0.5, 0.6) is 0 Å². The molecule has 8 nitrogen and oxygen atoms in total. The summed E-state index contributed by atoms with van der Waals surface area (Å²) in [5.74, 6) is 2.06. The van der Waals surface area contributed by atoms with E-state index in [4.69, 9.17) is 5.73 Å². The van der Waals surface area contributed by atoms with Crippen LogP contribution in [0.4, 0.5) is 5.95 Å². The summed E-state index contributed by atoms with van der Waals surface area (Å²) in [4.78, 5) is 25.6. The lowest BCUT2D eigenvalue weighted by atomic mass is 10.3.